The van der Waals surface area contributed by atoms with E-state index in [2.05, 4.69) is 214 Å². The zero-order valence-electron chi connectivity index (χ0n) is 32.9. The second-order valence-electron chi connectivity index (χ2n) is 16.1. The van der Waals surface area contributed by atoms with E-state index in [1.165, 1.54) is 38.9 Å². The van der Waals surface area contributed by atoms with Crippen LogP contribution in [0.3, 0.4) is 0 Å². The molecule has 0 fully saturated rings. The number of benzene rings is 8. The molecule has 2 aliphatic rings. The summed E-state index contributed by atoms with van der Waals surface area (Å²) in [5.41, 5.74) is 16.0. The van der Waals surface area contributed by atoms with Gasteiger partial charge in [0.1, 0.15) is 11.5 Å². The van der Waals surface area contributed by atoms with Gasteiger partial charge in [-0.25, -0.2) is 9.97 Å². The van der Waals surface area contributed by atoms with Gasteiger partial charge in [0, 0.05) is 33.2 Å². The molecule has 1 aliphatic heterocycles. The van der Waals surface area contributed by atoms with E-state index in [0.29, 0.717) is 5.82 Å². The SMILES string of the molecule is CC1(C)c2ccccc2C2(c3ccccc3Oc3ccccc32)c2cc(-c3cc(-c4ccc(-c5ccccc5)cc4)nc(-c4ccc(-c5ccccc5)cc4)n3)ccc21. The van der Waals surface area contributed by atoms with Gasteiger partial charge in [0.25, 0.3) is 0 Å². The maximum absolute atomic E-state index is 6.68. The lowest BCUT2D eigenvalue weighted by molar-refractivity contribution is 0.425. The summed E-state index contributed by atoms with van der Waals surface area (Å²) in [5, 5.41) is 0. The molecule has 0 bridgehead atoms. The molecule has 9 aromatic rings. The van der Waals surface area contributed by atoms with E-state index in [1.807, 2.05) is 6.07 Å². The van der Waals surface area contributed by atoms with Crippen molar-refractivity contribution in [2.24, 2.45) is 0 Å². The normalized spacial score (nSPS) is 14.0. The molecule has 0 saturated heterocycles. The van der Waals surface area contributed by atoms with E-state index in [0.717, 1.165) is 56.3 Å². The molecule has 1 aromatic heterocycles. The van der Waals surface area contributed by atoms with Crippen molar-refractivity contribution in [1.29, 1.82) is 0 Å². The fraction of sp³-hybridized carbons (Fsp3) is 0.0714. The van der Waals surface area contributed by atoms with E-state index >= 15 is 0 Å². The lowest BCUT2D eigenvalue weighted by atomic mass is 9.53. The molecule has 0 atom stereocenters. The van der Waals surface area contributed by atoms with Crippen LogP contribution in [0.25, 0.3) is 56.2 Å². The number of rotatable bonds is 5. The van der Waals surface area contributed by atoms with Gasteiger partial charge in [-0.3, -0.25) is 0 Å². The van der Waals surface area contributed by atoms with Crippen LogP contribution in [0.4, 0.5) is 0 Å². The van der Waals surface area contributed by atoms with Crippen LogP contribution in [-0.4, -0.2) is 9.97 Å². The van der Waals surface area contributed by atoms with Gasteiger partial charge < -0.3 is 4.74 Å². The Morgan fingerprint density at radius 1 is 0.322 bits per heavy atom. The fourth-order valence-electron chi connectivity index (χ4n) is 9.56. The highest BCUT2D eigenvalue weighted by atomic mass is 16.5. The van der Waals surface area contributed by atoms with E-state index in [1.54, 1.807) is 0 Å². The van der Waals surface area contributed by atoms with Gasteiger partial charge in [0.05, 0.1) is 16.8 Å². The Labute approximate surface area is 345 Å². The lowest BCUT2D eigenvalue weighted by Gasteiger charge is -2.50. The van der Waals surface area contributed by atoms with Crippen molar-refractivity contribution < 1.29 is 4.74 Å². The first-order valence-corrected chi connectivity index (χ1v) is 20.3. The summed E-state index contributed by atoms with van der Waals surface area (Å²) in [6.45, 7) is 4.71. The van der Waals surface area contributed by atoms with E-state index < -0.39 is 5.41 Å². The summed E-state index contributed by atoms with van der Waals surface area (Å²) in [5.74, 6) is 2.44. The van der Waals surface area contributed by atoms with Crippen LogP contribution in [0.15, 0.2) is 206 Å². The number of ether oxygens (including phenoxy) is 1. The Hall–Kier alpha value is -7.36. The largest absolute Gasteiger partial charge is 0.457 e. The minimum absolute atomic E-state index is 0.263. The Morgan fingerprint density at radius 3 is 1.31 bits per heavy atom. The van der Waals surface area contributed by atoms with Gasteiger partial charge in [0.2, 0.25) is 0 Å². The molecule has 3 nitrogen and oxygen atoms in total. The van der Waals surface area contributed by atoms with Gasteiger partial charge >= 0.3 is 0 Å². The quantitative estimate of drug-likeness (QED) is 0.175. The van der Waals surface area contributed by atoms with Crippen LogP contribution >= 0.6 is 0 Å². The number of aromatic nitrogens is 2. The molecular weight excluding hydrogens is 717 g/mol. The second kappa shape index (κ2) is 13.6. The number of hydrogen-bond donors (Lipinski definition) is 0. The molecule has 11 rings (SSSR count). The van der Waals surface area contributed by atoms with Gasteiger partial charge in [0.15, 0.2) is 5.82 Å². The van der Waals surface area contributed by atoms with Crippen LogP contribution in [0, 0.1) is 0 Å². The van der Waals surface area contributed by atoms with Crippen LogP contribution < -0.4 is 4.74 Å². The summed E-state index contributed by atoms with van der Waals surface area (Å²) in [6, 6.07) is 73.6. The Morgan fingerprint density at radius 2 is 0.729 bits per heavy atom. The zero-order chi connectivity index (χ0) is 39.6. The number of fused-ring (bicyclic) bond motifs is 8. The molecule has 1 spiro atoms. The van der Waals surface area contributed by atoms with Gasteiger partial charge in [-0.15, -0.1) is 0 Å². The van der Waals surface area contributed by atoms with Crippen molar-refractivity contribution in [3.05, 3.63) is 240 Å². The Balaban J connectivity index is 1.13. The first kappa shape index (κ1) is 34.9. The molecule has 59 heavy (non-hydrogen) atoms. The van der Waals surface area contributed by atoms with Crippen LogP contribution in [-0.2, 0) is 10.8 Å². The monoisotopic (exact) mass is 756 g/mol. The van der Waals surface area contributed by atoms with E-state index in [9.17, 15) is 0 Å². The molecule has 0 N–H and O–H groups in total. The summed E-state index contributed by atoms with van der Waals surface area (Å²) in [7, 11) is 0. The number of hydrogen-bond acceptors (Lipinski definition) is 3. The topological polar surface area (TPSA) is 35.0 Å². The first-order valence-electron chi connectivity index (χ1n) is 20.3. The average Bonchev–Trinajstić information content (AvgIpc) is 3.31. The zero-order valence-corrected chi connectivity index (χ0v) is 32.9. The maximum Gasteiger partial charge on any atom is 0.160 e. The lowest BCUT2D eigenvalue weighted by Crippen LogP contribution is -2.43. The average molecular weight is 757 g/mol. The standard InChI is InChI=1S/C56H40N2O/c1-55(2)44-19-9-10-20-46(44)56(47-21-11-13-23-52(47)59-53-24-14-12-22-48(53)56)49-35-43(33-34-45(49)55)51-36-50(41-29-25-39(26-30-41)37-15-5-3-6-16-37)57-54(58-51)42-31-27-40(28-32-42)38-17-7-4-8-18-38/h3-36H,1-2H3. The van der Waals surface area contributed by atoms with Crippen LogP contribution in [0.1, 0.15) is 47.2 Å². The minimum atomic E-state index is -0.623. The third kappa shape index (κ3) is 5.57. The van der Waals surface area contributed by atoms with Crippen molar-refractivity contribution in [2.45, 2.75) is 24.7 Å². The molecule has 1 aliphatic carbocycles. The smallest absolute Gasteiger partial charge is 0.160 e. The van der Waals surface area contributed by atoms with Gasteiger partial charge in [-0.2, -0.15) is 0 Å². The summed E-state index contributed by atoms with van der Waals surface area (Å²) >= 11 is 0. The fourth-order valence-corrected chi connectivity index (χ4v) is 9.56. The molecule has 3 heteroatoms. The predicted octanol–water partition coefficient (Wildman–Crippen LogP) is 13.9. The van der Waals surface area contributed by atoms with Crippen molar-refractivity contribution in [2.75, 3.05) is 0 Å². The molecular formula is C56H40N2O. The number of para-hydroxylation sites is 2. The molecule has 2 heterocycles. The van der Waals surface area contributed by atoms with E-state index in [4.69, 9.17) is 14.7 Å². The van der Waals surface area contributed by atoms with Crippen molar-refractivity contribution in [1.82, 2.24) is 9.97 Å². The summed E-state index contributed by atoms with van der Waals surface area (Å²) in [6.07, 6.45) is 0. The molecule has 0 saturated carbocycles. The summed E-state index contributed by atoms with van der Waals surface area (Å²) in [4.78, 5) is 10.6. The molecule has 280 valence electrons. The number of nitrogens with zero attached hydrogens (tertiary/aromatic N) is 2. The first-order chi connectivity index (χ1) is 29.0. The van der Waals surface area contributed by atoms with Crippen molar-refractivity contribution in [3.63, 3.8) is 0 Å². The molecule has 8 aromatic carbocycles. The summed E-state index contributed by atoms with van der Waals surface area (Å²) < 4.78 is 6.68. The van der Waals surface area contributed by atoms with Crippen molar-refractivity contribution >= 4 is 0 Å². The second-order valence-corrected chi connectivity index (χ2v) is 16.1. The van der Waals surface area contributed by atoms with Gasteiger partial charge in [-0.1, -0.05) is 196 Å². The highest BCUT2D eigenvalue weighted by Crippen LogP contribution is 2.61. The van der Waals surface area contributed by atoms with Gasteiger partial charge in [-0.05, 0) is 68.8 Å². The van der Waals surface area contributed by atoms with Crippen LogP contribution in [0.2, 0.25) is 0 Å². The van der Waals surface area contributed by atoms with Crippen LogP contribution in [0.5, 0.6) is 11.5 Å². The Kier molecular flexibility index (Phi) is 8.06. The molecule has 0 amide bonds. The third-order valence-corrected chi connectivity index (χ3v) is 12.5. The highest BCUT2D eigenvalue weighted by Gasteiger charge is 2.52. The van der Waals surface area contributed by atoms with E-state index in [-0.39, 0.29) is 5.41 Å². The highest BCUT2D eigenvalue weighted by molar-refractivity contribution is 5.80. The third-order valence-electron chi connectivity index (χ3n) is 12.5. The molecule has 0 radical (unpaired) electrons. The maximum atomic E-state index is 6.68. The predicted molar refractivity (Wildman–Crippen MR) is 240 cm³/mol. The van der Waals surface area contributed by atoms with Crippen molar-refractivity contribution in [3.8, 4) is 67.7 Å². The minimum Gasteiger partial charge on any atom is -0.457 e. The molecule has 0 unspecified atom stereocenters. The Bertz CT molecular complexity index is 2880.